The largest absolute Gasteiger partial charge is 0.342 e. The van der Waals surface area contributed by atoms with Crippen molar-refractivity contribution in [2.45, 2.75) is 38.5 Å². The van der Waals surface area contributed by atoms with E-state index in [0.29, 0.717) is 33.3 Å². The fourth-order valence-corrected chi connectivity index (χ4v) is 5.04. The third-order valence-electron chi connectivity index (χ3n) is 6.55. The van der Waals surface area contributed by atoms with Gasteiger partial charge in [-0.05, 0) is 61.7 Å². The summed E-state index contributed by atoms with van der Waals surface area (Å²) in [6.07, 6.45) is 4.32. The number of nitrogens with one attached hydrogen (secondary N) is 3. The molecule has 0 saturated heterocycles. The van der Waals surface area contributed by atoms with E-state index in [1.807, 2.05) is 6.92 Å². The Kier molecular flexibility index (Phi) is 8.07. The zero-order valence-electron chi connectivity index (χ0n) is 19.8. The number of anilines is 2. The average Bonchev–Trinajstić information content (AvgIpc) is 3.51. The van der Waals surface area contributed by atoms with Gasteiger partial charge >= 0.3 is 0 Å². The minimum atomic E-state index is -0.736. The topological polar surface area (TPSA) is 86.9 Å². The fourth-order valence-electron chi connectivity index (χ4n) is 4.62. The van der Waals surface area contributed by atoms with Gasteiger partial charge in [0, 0.05) is 22.3 Å². The summed E-state index contributed by atoms with van der Waals surface area (Å²) in [7, 11) is 0. The number of amides is 2. The molecular weight excluding hydrogens is 538 g/mol. The summed E-state index contributed by atoms with van der Waals surface area (Å²) in [5.41, 5.74) is 2.70. The molecule has 1 aliphatic carbocycles. The van der Waals surface area contributed by atoms with E-state index in [1.54, 1.807) is 24.3 Å². The lowest BCUT2D eigenvalue weighted by molar-refractivity contribution is 0.101. The van der Waals surface area contributed by atoms with Gasteiger partial charge in [0.2, 0.25) is 0 Å². The molecule has 0 unspecified atom stereocenters. The Morgan fingerprint density at radius 2 is 1.70 bits per heavy atom. The van der Waals surface area contributed by atoms with Gasteiger partial charge in [-0.3, -0.25) is 9.59 Å². The SMILES string of the molecule is Cc1c(Cl)cccc1NC(=O)c1cc(NC(=O)c2c(F)cccc2Cl)cc2[nH]c(C3CCCC3)nc12.Cl. The quantitative estimate of drug-likeness (QED) is 0.231. The molecule has 37 heavy (non-hydrogen) atoms. The summed E-state index contributed by atoms with van der Waals surface area (Å²) >= 11 is 12.3. The first kappa shape index (κ1) is 26.9. The van der Waals surface area contributed by atoms with E-state index < -0.39 is 17.6 Å². The van der Waals surface area contributed by atoms with Crippen molar-refractivity contribution in [3.05, 3.63) is 86.9 Å². The fraction of sp³-hybridized carbons (Fsp3) is 0.222. The number of H-pyrrole nitrogens is 1. The Morgan fingerprint density at radius 3 is 2.43 bits per heavy atom. The number of imidazole rings is 1. The van der Waals surface area contributed by atoms with Crippen LogP contribution in [0.4, 0.5) is 15.8 Å². The summed E-state index contributed by atoms with van der Waals surface area (Å²) < 4.78 is 14.3. The first-order valence-electron chi connectivity index (χ1n) is 11.7. The number of rotatable bonds is 5. The highest BCUT2D eigenvalue weighted by Crippen LogP contribution is 2.35. The van der Waals surface area contributed by atoms with Crippen LogP contribution in [0.2, 0.25) is 10.0 Å². The molecule has 1 fully saturated rings. The average molecular weight is 562 g/mol. The molecule has 0 atom stereocenters. The van der Waals surface area contributed by atoms with Crippen molar-refractivity contribution in [2.75, 3.05) is 10.6 Å². The van der Waals surface area contributed by atoms with Crippen LogP contribution in [0.15, 0.2) is 48.5 Å². The number of nitrogens with zero attached hydrogens (tertiary/aromatic N) is 1. The van der Waals surface area contributed by atoms with Crippen LogP contribution in [-0.4, -0.2) is 21.8 Å². The highest BCUT2D eigenvalue weighted by atomic mass is 35.5. The van der Waals surface area contributed by atoms with Crippen molar-refractivity contribution in [3.63, 3.8) is 0 Å². The first-order valence-corrected chi connectivity index (χ1v) is 12.4. The molecule has 5 rings (SSSR count). The van der Waals surface area contributed by atoms with Crippen molar-refractivity contribution < 1.29 is 14.0 Å². The molecule has 0 bridgehead atoms. The van der Waals surface area contributed by atoms with E-state index in [2.05, 4.69) is 15.6 Å². The molecule has 1 aliphatic rings. The van der Waals surface area contributed by atoms with E-state index in [0.717, 1.165) is 37.1 Å². The molecule has 3 N–H and O–H groups in total. The Morgan fingerprint density at radius 1 is 1.00 bits per heavy atom. The van der Waals surface area contributed by atoms with Crippen LogP contribution in [0.25, 0.3) is 11.0 Å². The number of aromatic amines is 1. The monoisotopic (exact) mass is 560 g/mol. The van der Waals surface area contributed by atoms with Crippen LogP contribution < -0.4 is 10.6 Å². The summed E-state index contributed by atoms with van der Waals surface area (Å²) in [6.45, 7) is 1.81. The maximum Gasteiger partial charge on any atom is 0.260 e. The van der Waals surface area contributed by atoms with Gasteiger partial charge < -0.3 is 15.6 Å². The minimum Gasteiger partial charge on any atom is -0.342 e. The molecule has 3 aromatic carbocycles. The predicted molar refractivity (Wildman–Crippen MR) is 148 cm³/mol. The van der Waals surface area contributed by atoms with Crippen LogP contribution in [0, 0.1) is 12.7 Å². The number of hydrogen-bond acceptors (Lipinski definition) is 3. The second-order valence-electron chi connectivity index (χ2n) is 8.94. The highest BCUT2D eigenvalue weighted by molar-refractivity contribution is 6.34. The van der Waals surface area contributed by atoms with E-state index >= 15 is 0 Å². The smallest absolute Gasteiger partial charge is 0.260 e. The molecule has 192 valence electrons. The van der Waals surface area contributed by atoms with Crippen LogP contribution in [0.1, 0.15) is 63.7 Å². The van der Waals surface area contributed by atoms with Gasteiger partial charge in [0.25, 0.3) is 11.8 Å². The normalized spacial score (nSPS) is 13.4. The van der Waals surface area contributed by atoms with Gasteiger partial charge in [-0.15, -0.1) is 12.4 Å². The number of aromatic nitrogens is 2. The molecule has 4 aromatic rings. The lowest BCUT2D eigenvalue weighted by Gasteiger charge is -2.12. The number of carbonyl (C=O) groups is 2. The molecular formula is C27H24Cl3FN4O2. The summed E-state index contributed by atoms with van der Waals surface area (Å²) in [6, 6.07) is 12.5. The van der Waals surface area contributed by atoms with Crippen LogP contribution in [0.5, 0.6) is 0 Å². The minimum absolute atomic E-state index is 0. The standard InChI is InChI=1S/C27H23Cl2FN4O2.ClH/c1-14-18(28)8-5-11-21(14)33-26(35)17-12-16(31-27(36)23-19(29)9-4-10-20(23)30)13-22-24(17)34-25(32-22)15-6-2-3-7-15;/h4-5,8-13,15H,2-3,6-7H2,1H3,(H,31,36)(H,32,34)(H,33,35);1H. The Bertz CT molecular complexity index is 1480. The summed E-state index contributed by atoms with van der Waals surface area (Å²) in [4.78, 5) is 34.4. The van der Waals surface area contributed by atoms with E-state index in [9.17, 15) is 14.0 Å². The molecule has 0 radical (unpaired) electrons. The van der Waals surface area contributed by atoms with E-state index in [1.165, 1.54) is 24.3 Å². The van der Waals surface area contributed by atoms with Gasteiger partial charge in [0.05, 0.1) is 21.7 Å². The molecule has 1 saturated carbocycles. The van der Waals surface area contributed by atoms with Crippen LogP contribution in [-0.2, 0) is 0 Å². The molecule has 0 aliphatic heterocycles. The number of benzene rings is 3. The van der Waals surface area contributed by atoms with Gasteiger partial charge in [-0.25, -0.2) is 9.37 Å². The van der Waals surface area contributed by atoms with Crippen molar-refractivity contribution in [3.8, 4) is 0 Å². The third-order valence-corrected chi connectivity index (χ3v) is 7.28. The molecule has 10 heteroatoms. The molecule has 6 nitrogen and oxygen atoms in total. The van der Waals surface area contributed by atoms with Gasteiger partial charge in [0.15, 0.2) is 0 Å². The number of fused-ring (bicyclic) bond motifs is 1. The lowest BCUT2D eigenvalue weighted by atomic mass is 10.1. The highest BCUT2D eigenvalue weighted by Gasteiger charge is 2.24. The number of halogens is 4. The summed E-state index contributed by atoms with van der Waals surface area (Å²) in [5, 5.41) is 6.10. The second-order valence-corrected chi connectivity index (χ2v) is 9.76. The van der Waals surface area contributed by atoms with Gasteiger partial charge in [0.1, 0.15) is 17.2 Å². The maximum absolute atomic E-state index is 14.3. The Balaban J connectivity index is 0.00000320. The maximum atomic E-state index is 14.3. The Labute approximate surface area is 229 Å². The van der Waals surface area contributed by atoms with Crippen molar-refractivity contribution in [1.29, 1.82) is 0 Å². The second kappa shape index (κ2) is 11.1. The van der Waals surface area contributed by atoms with Crippen molar-refractivity contribution >= 4 is 69.8 Å². The zero-order chi connectivity index (χ0) is 25.4. The number of carbonyl (C=O) groups excluding carboxylic acids is 2. The van der Waals surface area contributed by atoms with Gasteiger partial charge in [-0.1, -0.05) is 48.2 Å². The summed E-state index contributed by atoms with van der Waals surface area (Å²) in [5.74, 6) is -0.754. The van der Waals surface area contributed by atoms with E-state index in [-0.39, 0.29) is 28.6 Å². The van der Waals surface area contributed by atoms with Crippen molar-refractivity contribution in [1.82, 2.24) is 9.97 Å². The van der Waals surface area contributed by atoms with Crippen molar-refractivity contribution in [2.24, 2.45) is 0 Å². The van der Waals surface area contributed by atoms with Crippen LogP contribution in [0.3, 0.4) is 0 Å². The molecule has 1 aromatic heterocycles. The predicted octanol–water partition coefficient (Wildman–Crippen LogP) is 7.90. The molecule has 0 spiro atoms. The van der Waals surface area contributed by atoms with E-state index in [4.69, 9.17) is 28.2 Å². The third kappa shape index (κ3) is 5.44. The first-order chi connectivity index (χ1) is 17.3. The van der Waals surface area contributed by atoms with Crippen LogP contribution >= 0.6 is 35.6 Å². The molecule has 2 amide bonds. The molecule has 1 heterocycles. The zero-order valence-corrected chi connectivity index (χ0v) is 22.2. The Hall–Kier alpha value is -3.13. The number of hydrogen-bond donors (Lipinski definition) is 3. The van der Waals surface area contributed by atoms with Gasteiger partial charge in [-0.2, -0.15) is 0 Å². The lowest BCUT2D eigenvalue weighted by Crippen LogP contribution is -2.17.